The first-order valence-corrected chi connectivity index (χ1v) is 7.57. The van der Waals surface area contributed by atoms with Crippen LogP contribution in [0.5, 0.6) is 0 Å². The molecule has 1 aromatic carbocycles. The van der Waals surface area contributed by atoms with E-state index in [1.807, 2.05) is 0 Å². The largest absolute Gasteiger partial charge is 0.341 e. The van der Waals surface area contributed by atoms with Gasteiger partial charge in [-0.05, 0) is 18.6 Å². The molecule has 1 fully saturated rings. The Kier molecular flexibility index (Phi) is 5.49. The second-order valence-corrected chi connectivity index (χ2v) is 5.59. The second kappa shape index (κ2) is 7.35. The highest BCUT2D eigenvalue weighted by molar-refractivity contribution is 5.94. The molecule has 6 heteroatoms. The molecule has 1 aromatic rings. The molecule has 1 atom stereocenters. The van der Waals surface area contributed by atoms with Crippen molar-refractivity contribution in [1.29, 1.82) is 0 Å². The lowest BCUT2D eigenvalue weighted by Crippen LogP contribution is -2.41. The van der Waals surface area contributed by atoms with Crippen LogP contribution in [0.2, 0.25) is 0 Å². The van der Waals surface area contributed by atoms with Gasteiger partial charge in [0.2, 0.25) is 5.91 Å². The molecule has 0 radical (unpaired) electrons. The van der Waals surface area contributed by atoms with Crippen LogP contribution in [0.15, 0.2) is 24.3 Å². The van der Waals surface area contributed by atoms with Crippen molar-refractivity contribution in [2.24, 2.45) is 11.7 Å². The Morgan fingerprint density at radius 1 is 1.18 bits per heavy atom. The summed E-state index contributed by atoms with van der Waals surface area (Å²) < 4.78 is 13.7. The van der Waals surface area contributed by atoms with Crippen molar-refractivity contribution in [2.75, 3.05) is 32.7 Å². The van der Waals surface area contributed by atoms with Crippen molar-refractivity contribution in [3.63, 3.8) is 0 Å². The quantitative estimate of drug-likeness (QED) is 0.909. The highest BCUT2D eigenvalue weighted by Crippen LogP contribution is 2.13. The third-order valence-electron chi connectivity index (χ3n) is 3.97. The zero-order valence-corrected chi connectivity index (χ0v) is 12.8. The first-order chi connectivity index (χ1) is 10.5. The number of hydrogen-bond donors (Lipinski definition) is 1. The highest BCUT2D eigenvalue weighted by Gasteiger charge is 2.25. The lowest BCUT2D eigenvalue weighted by atomic mass is 10.1. The molecule has 1 heterocycles. The van der Waals surface area contributed by atoms with E-state index in [-0.39, 0.29) is 23.3 Å². The Bertz CT molecular complexity index is 550. The summed E-state index contributed by atoms with van der Waals surface area (Å²) >= 11 is 0. The van der Waals surface area contributed by atoms with Crippen molar-refractivity contribution in [2.45, 2.75) is 13.3 Å². The molecule has 1 saturated heterocycles. The van der Waals surface area contributed by atoms with E-state index >= 15 is 0 Å². The average Bonchev–Trinajstić information content (AvgIpc) is 2.79. The van der Waals surface area contributed by atoms with Crippen LogP contribution in [0.1, 0.15) is 23.7 Å². The second-order valence-electron chi connectivity index (χ2n) is 5.59. The minimum atomic E-state index is -0.513. The summed E-state index contributed by atoms with van der Waals surface area (Å²) in [6.45, 7) is 4.11. The van der Waals surface area contributed by atoms with Gasteiger partial charge in [0, 0.05) is 38.6 Å². The van der Waals surface area contributed by atoms with Crippen LogP contribution < -0.4 is 5.73 Å². The molecule has 5 nitrogen and oxygen atoms in total. The first-order valence-electron chi connectivity index (χ1n) is 7.57. The summed E-state index contributed by atoms with van der Waals surface area (Å²) in [5.74, 6) is -1.03. The first kappa shape index (κ1) is 16.4. The van der Waals surface area contributed by atoms with Crippen LogP contribution in [0.4, 0.5) is 4.39 Å². The summed E-state index contributed by atoms with van der Waals surface area (Å²) in [5.41, 5.74) is 5.61. The van der Waals surface area contributed by atoms with Crippen LogP contribution in [-0.4, -0.2) is 54.3 Å². The van der Waals surface area contributed by atoms with Crippen LogP contribution in [0.3, 0.4) is 0 Å². The zero-order valence-electron chi connectivity index (χ0n) is 12.8. The molecular weight excluding hydrogens is 285 g/mol. The Hall–Kier alpha value is -1.95. The summed E-state index contributed by atoms with van der Waals surface area (Å²) in [7, 11) is 0. The Morgan fingerprint density at radius 2 is 1.82 bits per heavy atom. The maximum Gasteiger partial charge on any atom is 0.256 e. The molecule has 0 spiro atoms. The zero-order chi connectivity index (χ0) is 16.1. The summed E-state index contributed by atoms with van der Waals surface area (Å²) in [6, 6.07) is 5.97. The fraction of sp³-hybridized carbons (Fsp3) is 0.500. The van der Waals surface area contributed by atoms with Crippen molar-refractivity contribution < 1.29 is 14.0 Å². The number of amides is 2. The number of hydrogen-bond acceptors (Lipinski definition) is 3. The molecule has 0 aliphatic carbocycles. The highest BCUT2D eigenvalue weighted by atomic mass is 19.1. The molecule has 120 valence electrons. The van der Waals surface area contributed by atoms with E-state index in [2.05, 4.69) is 0 Å². The fourth-order valence-electron chi connectivity index (χ4n) is 2.56. The Labute approximate surface area is 129 Å². The summed E-state index contributed by atoms with van der Waals surface area (Å²) in [6.07, 6.45) is 0.684. The molecule has 0 saturated carbocycles. The molecule has 22 heavy (non-hydrogen) atoms. The molecule has 1 aliphatic rings. The Morgan fingerprint density at radius 3 is 2.50 bits per heavy atom. The van der Waals surface area contributed by atoms with Gasteiger partial charge in [-0.3, -0.25) is 9.59 Å². The minimum Gasteiger partial charge on any atom is -0.341 e. The van der Waals surface area contributed by atoms with Gasteiger partial charge in [-0.2, -0.15) is 0 Å². The van der Waals surface area contributed by atoms with Gasteiger partial charge in [-0.25, -0.2) is 4.39 Å². The van der Waals surface area contributed by atoms with E-state index in [9.17, 15) is 14.0 Å². The average molecular weight is 307 g/mol. The number of nitrogens with two attached hydrogens (primary N) is 1. The molecule has 1 unspecified atom stereocenters. The summed E-state index contributed by atoms with van der Waals surface area (Å²) in [5, 5.41) is 0. The van der Waals surface area contributed by atoms with Gasteiger partial charge in [-0.15, -0.1) is 0 Å². The van der Waals surface area contributed by atoms with E-state index in [0.717, 1.165) is 0 Å². The Balaban J connectivity index is 2.03. The third kappa shape index (κ3) is 3.62. The third-order valence-corrected chi connectivity index (χ3v) is 3.97. The normalized spacial score (nSPS) is 17.0. The molecule has 2 rings (SSSR count). The number of halogens is 1. The minimum absolute atomic E-state index is 0.0164. The standard InChI is InChI=1S/C16H22FN3O2/c1-12(11-18)15(21)19-7-4-8-20(10-9-19)16(22)13-5-2-3-6-14(13)17/h2-3,5-6,12H,4,7-11,18H2,1H3. The molecular formula is C16H22FN3O2. The van der Waals surface area contributed by atoms with Gasteiger partial charge in [-0.1, -0.05) is 19.1 Å². The predicted molar refractivity (Wildman–Crippen MR) is 81.7 cm³/mol. The van der Waals surface area contributed by atoms with Crippen molar-refractivity contribution >= 4 is 11.8 Å². The van der Waals surface area contributed by atoms with Gasteiger partial charge in [0.1, 0.15) is 5.82 Å². The van der Waals surface area contributed by atoms with Gasteiger partial charge < -0.3 is 15.5 Å². The monoisotopic (exact) mass is 307 g/mol. The van der Waals surface area contributed by atoms with Gasteiger partial charge in [0.05, 0.1) is 5.56 Å². The number of carbonyl (C=O) groups is 2. The maximum atomic E-state index is 13.7. The predicted octanol–water partition coefficient (Wildman–Crippen LogP) is 1.09. The number of benzene rings is 1. The lowest BCUT2D eigenvalue weighted by molar-refractivity contribution is -0.134. The van der Waals surface area contributed by atoms with Gasteiger partial charge >= 0.3 is 0 Å². The van der Waals surface area contributed by atoms with Crippen molar-refractivity contribution in [1.82, 2.24) is 9.80 Å². The van der Waals surface area contributed by atoms with Crippen LogP contribution in [0.25, 0.3) is 0 Å². The molecule has 2 N–H and O–H groups in total. The molecule has 0 aromatic heterocycles. The number of carbonyl (C=O) groups excluding carboxylic acids is 2. The van der Waals surface area contributed by atoms with E-state index in [1.54, 1.807) is 28.9 Å². The van der Waals surface area contributed by atoms with Crippen molar-refractivity contribution in [3.05, 3.63) is 35.6 Å². The fourth-order valence-corrected chi connectivity index (χ4v) is 2.56. The van der Waals surface area contributed by atoms with Gasteiger partial charge in [0.15, 0.2) is 0 Å². The topological polar surface area (TPSA) is 66.6 Å². The summed E-state index contributed by atoms with van der Waals surface area (Å²) in [4.78, 5) is 27.9. The van der Waals surface area contributed by atoms with E-state index in [0.29, 0.717) is 39.1 Å². The maximum absolute atomic E-state index is 13.7. The number of rotatable bonds is 3. The SMILES string of the molecule is CC(CN)C(=O)N1CCCN(C(=O)c2ccccc2F)CC1. The number of nitrogens with zero attached hydrogens (tertiary/aromatic N) is 2. The van der Waals surface area contributed by atoms with E-state index in [4.69, 9.17) is 5.73 Å². The smallest absolute Gasteiger partial charge is 0.256 e. The van der Waals surface area contributed by atoms with Crippen LogP contribution in [-0.2, 0) is 4.79 Å². The molecule has 1 aliphatic heterocycles. The van der Waals surface area contributed by atoms with E-state index < -0.39 is 5.82 Å². The molecule has 2 amide bonds. The van der Waals surface area contributed by atoms with Crippen molar-refractivity contribution in [3.8, 4) is 0 Å². The van der Waals surface area contributed by atoms with Gasteiger partial charge in [0.25, 0.3) is 5.91 Å². The van der Waals surface area contributed by atoms with Crippen LogP contribution in [0, 0.1) is 11.7 Å². The van der Waals surface area contributed by atoms with Crippen LogP contribution >= 0.6 is 0 Å². The van der Waals surface area contributed by atoms with E-state index in [1.165, 1.54) is 12.1 Å². The molecule has 0 bridgehead atoms. The lowest BCUT2D eigenvalue weighted by Gasteiger charge is -2.24.